The van der Waals surface area contributed by atoms with E-state index in [1.54, 1.807) is 0 Å². The highest BCUT2D eigenvalue weighted by Gasteiger charge is 2.12. The zero-order valence-corrected chi connectivity index (χ0v) is 7.30. The molecular weight excluding hydrogens is 126 g/mol. The Morgan fingerprint density at radius 2 is 1.90 bits per heavy atom. The molecule has 1 atom stereocenters. The van der Waals surface area contributed by atoms with E-state index in [4.69, 9.17) is 5.11 Å². The van der Waals surface area contributed by atoms with Gasteiger partial charge in [-0.1, -0.05) is 6.42 Å². The first-order chi connectivity index (χ1) is 4.80. The van der Waals surface area contributed by atoms with E-state index in [0.29, 0.717) is 0 Å². The molecule has 62 valence electrons. The fourth-order valence-electron chi connectivity index (χ4n) is 1.24. The Bertz CT molecular complexity index is 65.7. The van der Waals surface area contributed by atoms with Crippen LogP contribution in [0.3, 0.4) is 0 Å². The van der Waals surface area contributed by atoms with Gasteiger partial charge in [-0.3, -0.25) is 0 Å². The largest absolute Gasteiger partial charge is 0.400 e. The molecule has 0 unspecified atom stereocenters. The molecule has 2 nitrogen and oxygen atoms in total. The summed E-state index contributed by atoms with van der Waals surface area (Å²) in [6.07, 6.45) is 4.24. The van der Waals surface area contributed by atoms with Crippen molar-refractivity contribution in [2.24, 2.45) is 0 Å². The average Bonchev–Trinajstić information content (AvgIpc) is 2.00. The van der Waals surface area contributed by atoms with Gasteiger partial charge in [0.25, 0.3) is 0 Å². The minimum Gasteiger partial charge on any atom is -0.400 e. The maximum atomic E-state index is 7.00. The summed E-state index contributed by atoms with van der Waals surface area (Å²) in [5.41, 5.74) is 0. The number of likely N-dealkylation sites (tertiary alicyclic amines) is 1. The monoisotopic (exact) mass is 145 g/mol. The number of aliphatic hydroxyl groups excluding tert-OH is 1. The van der Waals surface area contributed by atoms with Crippen molar-refractivity contribution in [3.63, 3.8) is 0 Å². The van der Waals surface area contributed by atoms with Crippen molar-refractivity contribution in [3.05, 3.63) is 0 Å². The molecule has 0 bridgehead atoms. The molecule has 0 radical (unpaired) electrons. The number of hydrogen-bond donors (Lipinski definition) is 1. The van der Waals surface area contributed by atoms with Crippen LogP contribution in [0.25, 0.3) is 0 Å². The van der Waals surface area contributed by atoms with Crippen LogP contribution in [-0.2, 0) is 0 Å². The van der Waals surface area contributed by atoms with Gasteiger partial charge in [-0.25, -0.2) is 0 Å². The molecule has 0 aliphatic carbocycles. The van der Waals surface area contributed by atoms with E-state index in [1.165, 1.54) is 25.8 Å². The van der Waals surface area contributed by atoms with E-state index in [9.17, 15) is 0 Å². The van der Waals surface area contributed by atoms with Crippen LogP contribution in [-0.4, -0.2) is 36.8 Å². The number of piperidine rings is 1. The Labute approximate surface area is 63.8 Å². The van der Waals surface area contributed by atoms with Crippen LogP contribution in [0.15, 0.2) is 0 Å². The fourth-order valence-corrected chi connectivity index (χ4v) is 1.24. The smallest absolute Gasteiger partial charge is 0.0319 e. The third-order valence-electron chi connectivity index (χ3n) is 2.14. The Hall–Kier alpha value is -0.0800. The van der Waals surface area contributed by atoms with Crippen molar-refractivity contribution >= 4 is 0 Å². The molecule has 0 aromatic carbocycles. The van der Waals surface area contributed by atoms with E-state index in [1.807, 2.05) is 0 Å². The third-order valence-corrected chi connectivity index (χ3v) is 2.14. The van der Waals surface area contributed by atoms with E-state index in [0.717, 1.165) is 13.2 Å². The van der Waals surface area contributed by atoms with Gasteiger partial charge >= 0.3 is 0 Å². The van der Waals surface area contributed by atoms with Gasteiger partial charge in [0.05, 0.1) is 0 Å². The van der Waals surface area contributed by atoms with Crippen LogP contribution >= 0.6 is 0 Å². The Morgan fingerprint density at radius 1 is 1.30 bits per heavy atom. The van der Waals surface area contributed by atoms with Gasteiger partial charge in [0.15, 0.2) is 0 Å². The molecule has 0 spiro atoms. The topological polar surface area (TPSA) is 23.5 Å². The summed E-state index contributed by atoms with van der Waals surface area (Å²) in [5.74, 6) is 0. The summed E-state index contributed by atoms with van der Waals surface area (Å²) in [5, 5.41) is 7.00. The maximum absolute atomic E-state index is 7.00. The first-order valence-corrected chi connectivity index (χ1v) is 3.95. The lowest BCUT2D eigenvalue weighted by atomic mass is 10.1. The molecule has 1 N–H and O–H groups in total. The van der Waals surface area contributed by atoms with Crippen molar-refractivity contribution < 1.29 is 5.11 Å². The lowest BCUT2D eigenvalue weighted by Gasteiger charge is -2.29. The molecule has 1 aliphatic rings. The van der Waals surface area contributed by atoms with E-state index < -0.39 is 0 Å². The summed E-state index contributed by atoms with van der Waals surface area (Å²) in [6.45, 7) is 3.61. The molecule has 0 aromatic heterocycles. The van der Waals surface area contributed by atoms with Gasteiger partial charge in [0.2, 0.25) is 0 Å². The zero-order chi connectivity index (χ0) is 7.98. The zero-order valence-electron chi connectivity index (χ0n) is 7.30. The molecule has 1 aliphatic heterocycles. The number of rotatable bonds is 0. The molecule has 1 rings (SSSR count). The first kappa shape index (κ1) is 9.92. The van der Waals surface area contributed by atoms with Gasteiger partial charge in [0.1, 0.15) is 0 Å². The quantitative estimate of drug-likeness (QED) is 0.551. The summed E-state index contributed by atoms with van der Waals surface area (Å²) in [6, 6.07) is 0.837. The predicted octanol–water partition coefficient (Wildman–Crippen LogP) is 1.10. The van der Waals surface area contributed by atoms with Crippen molar-refractivity contribution in [2.75, 3.05) is 20.7 Å². The second-order valence-corrected chi connectivity index (χ2v) is 2.83. The highest BCUT2D eigenvalue weighted by atomic mass is 16.2. The summed E-state index contributed by atoms with van der Waals surface area (Å²) >= 11 is 0. The number of hydrogen-bond acceptors (Lipinski definition) is 2. The van der Waals surface area contributed by atoms with Gasteiger partial charge in [0, 0.05) is 13.2 Å². The molecular formula is C8H19NO. The summed E-state index contributed by atoms with van der Waals surface area (Å²) in [4.78, 5) is 2.43. The van der Waals surface area contributed by atoms with Crippen LogP contribution in [0.1, 0.15) is 26.2 Å². The minimum atomic E-state index is 0.837. The van der Waals surface area contributed by atoms with Crippen molar-refractivity contribution in [1.82, 2.24) is 4.90 Å². The lowest BCUT2D eigenvalue weighted by molar-refractivity contribution is 0.200. The highest BCUT2D eigenvalue weighted by molar-refractivity contribution is 4.68. The number of aliphatic hydroxyl groups is 1. The molecule has 2 heteroatoms. The highest BCUT2D eigenvalue weighted by Crippen LogP contribution is 2.13. The average molecular weight is 145 g/mol. The van der Waals surface area contributed by atoms with Crippen LogP contribution in [0.2, 0.25) is 0 Å². The summed E-state index contributed by atoms with van der Waals surface area (Å²) < 4.78 is 0. The normalized spacial score (nSPS) is 27.0. The van der Waals surface area contributed by atoms with E-state index >= 15 is 0 Å². The van der Waals surface area contributed by atoms with Crippen molar-refractivity contribution in [1.29, 1.82) is 0 Å². The van der Waals surface area contributed by atoms with Crippen LogP contribution < -0.4 is 0 Å². The van der Waals surface area contributed by atoms with Crippen LogP contribution in [0, 0.1) is 0 Å². The second-order valence-electron chi connectivity index (χ2n) is 2.83. The fraction of sp³-hybridized carbons (Fsp3) is 1.00. The molecule has 1 saturated heterocycles. The van der Waals surface area contributed by atoms with Crippen molar-refractivity contribution in [2.45, 2.75) is 32.2 Å². The molecule has 1 heterocycles. The van der Waals surface area contributed by atoms with Crippen molar-refractivity contribution in [3.8, 4) is 0 Å². The Morgan fingerprint density at radius 3 is 2.20 bits per heavy atom. The van der Waals surface area contributed by atoms with Crippen LogP contribution in [0.5, 0.6) is 0 Å². The molecule has 10 heavy (non-hydrogen) atoms. The molecule has 0 saturated carbocycles. The predicted molar refractivity (Wildman–Crippen MR) is 44.1 cm³/mol. The summed E-state index contributed by atoms with van der Waals surface area (Å²) in [7, 11) is 3.21. The minimum absolute atomic E-state index is 0.837. The van der Waals surface area contributed by atoms with Gasteiger partial charge in [-0.05, 0) is 33.4 Å². The third kappa shape index (κ3) is 3.18. The Balaban J connectivity index is 0.000000371. The SMILES string of the molecule is CO.C[C@@H]1CCCCN1C. The maximum Gasteiger partial charge on any atom is 0.0319 e. The molecule has 0 amide bonds. The van der Waals surface area contributed by atoms with Gasteiger partial charge in [-0.2, -0.15) is 0 Å². The van der Waals surface area contributed by atoms with Gasteiger partial charge < -0.3 is 10.0 Å². The number of nitrogens with zero attached hydrogens (tertiary/aromatic N) is 1. The first-order valence-electron chi connectivity index (χ1n) is 3.95. The van der Waals surface area contributed by atoms with E-state index in [2.05, 4.69) is 18.9 Å². The Kier molecular flexibility index (Phi) is 5.64. The van der Waals surface area contributed by atoms with Gasteiger partial charge in [-0.15, -0.1) is 0 Å². The molecule has 1 fully saturated rings. The lowest BCUT2D eigenvalue weighted by Crippen LogP contribution is -2.33. The standard InChI is InChI=1S/C7H15N.CH4O/c1-7-5-3-4-6-8(7)2;1-2/h7H,3-6H2,1-2H3;2H,1H3/t7-;/m1./s1. The molecule has 0 aromatic rings. The van der Waals surface area contributed by atoms with E-state index in [-0.39, 0.29) is 0 Å². The second kappa shape index (κ2) is 5.69. The van der Waals surface area contributed by atoms with Crippen LogP contribution in [0.4, 0.5) is 0 Å².